The molecule has 4 nitrogen and oxygen atoms in total. The summed E-state index contributed by atoms with van der Waals surface area (Å²) in [5.74, 6) is 0.887. The second kappa shape index (κ2) is 2.35. The molecule has 2 N–H and O–H groups in total. The summed E-state index contributed by atoms with van der Waals surface area (Å²) in [4.78, 5) is 11.5. The monoisotopic (exact) mass is 165 g/mol. The van der Waals surface area contributed by atoms with Gasteiger partial charge in [-0.25, -0.2) is 10.4 Å². The van der Waals surface area contributed by atoms with Crippen LogP contribution in [-0.4, -0.2) is 17.5 Å². The molecule has 2 aliphatic rings. The Bertz CT molecular complexity index is 303. The molecule has 0 saturated carbocycles. The maximum atomic E-state index is 11.5. The summed E-state index contributed by atoms with van der Waals surface area (Å²) in [7, 11) is 0. The summed E-state index contributed by atoms with van der Waals surface area (Å²) in [5.41, 5.74) is 4.66. The lowest BCUT2D eigenvalue weighted by molar-refractivity contribution is -0.128. The third-order valence-electron chi connectivity index (χ3n) is 2.19. The van der Waals surface area contributed by atoms with Crippen molar-refractivity contribution >= 4 is 5.91 Å². The molecule has 0 fully saturated rings. The topological polar surface area (TPSA) is 44.4 Å². The minimum absolute atomic E-state index is 0.0370. The summed E-state index contributed by atoms with van der Waals surface area (Å²) >= 11 is 0. The van der Waals surface area contributed by atoms with Crippen LogP contribution >= 0.6 is 0 Å². The van der Waals surface area contributed by atoms with Gasteiger partial charge in [-0.3, -0.25) is 4.79 Å². The van der Waals surface area contributed by atoms with Crippen molar-refractivity contribution in [2.75, 3.05) is 6.54 Å². The van der Waals surface area contributed by atoms with E-state index in [-0.39, 0.29) is 5.91 Å². The first kappa shape index (κ1) is 7.36. The number of rotatable bonds is 0. The van der Waals surface area contributed by atoms with Gasteiger partial charge in [0.1, 0.15) is 5.82 Å². The Morgan fingerprint density at radius 2 is 2.25 bits per heavy atom. The molecule has 0 aromatic rings. The summed E-state index contributed by atoms with van der Waals surface area (Å²) in [6, 6.07) is 0. The molecule has 64 valence electrons. The van der Waals surface area contributed by atoms with Gasteiger partial charge in [-0.2, -0.15) is 0 Å². The normalized spacial score (nSPS) is 22.3. The maximum absolute atomic E-state index is 11.5. The number of hydrogen-bond acceptors (Lipinski definition) is 3. The Hall–Kier alpha value is -1.29. The van der Waals surface area contributed by atoms with E-state index < -0.39 is 0 Å². The van der Waals surface area contributed by atoms with E-state index in [0.717, 1.165) is 17.1 Å². The van der Waals surface area contributed by atoms with Gasteiger partial charge < -0.3 is 5.32 Å². The first-order chi connectivity index (χ1) is 5.70. The van der Waals surface area contributed by atoms with Crippen molar-refractivity contribution in [1.29, 1.82) is 0 Å². The molecule has 2 rings (SSSR count). The van der Waals surface area contributed by atoms with E-state index in [9.17, 15) is 4.79 Å². The number of hydrogen-bond donors (Lipinski definition) is 2. The Kier molecular flexibility index (Phi) is 1.44. The zero-order chi connectivity index (χ0) is 8.72. The summed E-state index contributed by atoms with van der Waals surface area (Å²) < 4.78 is 0. The zero-order valence-electron chi connectivity index (χ0n) is 7.14. The van der Waals surface area contributed by atoms with E-state index >= 15 is 0 Å². The molecule has 0 aromatic carbocycles. The van der Waals surface area contributed by atoms with Crippen LogP contribution in [0.4, 0.5) is 0 Å². The minimum Gasteiger partial charge on any atom is -0.344 e. The van der Waals surface area contributed by atoms with Gasteiger partial charge in [0, 0.05) is 17.8 Å². The van der Waals surface area contributed by atoms with Crippen LogP contribution in [0.5, 0.6) is 0 Å². The fourth-order valence-electron chi connectivity index (χ4n) is 1.31. The molecular formula is C8H11N3O. The van der Waals surface area contributed by atoms with Crippen LogP contribution in [-0.2, 0) is 4.79 Å². The molecule has 0 spiro atoms. The van der Waals surface area contributed by atoms with Gasteiger partial charge in [0.2, 0.25) is 0 Å². The van der Waals surface area contributed by atoms with E-state index in [2.05, 4.69) is 10.7 Å². The Morgan fingerprint density at radius 3 is 3.00 bits per heavy atom. The Balaban J connectivity index is 2.40. The van der Waals surface area contributed by atoms with Gasteiger partial charge >= 0.3 is 0 Å². The minimum atomic E-state index is 0.0370. The quantitative estimate of drug-likeness (QED) is 0.534. The largest absolute Gasteiger partial charge is 0.344 e. The molecule has 0 aromatic heterocycles. The number of carbonyl (C=O) groups is 1. The molecular weight excluding hydrogens is 154 g/mol. The lowest BCUT2D eigenvalue weighted by atomic mass is 10.2. The highest BCUT2D eigenvalue weighted by Gasteiger charge is 2.28. The number of nitrogens with zero attached hydrogens (tertiary/aromatic N) is 1. The molecule has 0 saturated heterocycles. The van der Waals surface area contributed by atoms with Crippen LogP contribution in [0.15, 0.2) is 23.2 Å². The van der Waals surface area contributed by atoms with Crippen LogP contribution in [0.3, 0.4) is 0 Å². The average Bonchev–Trinajstić information content (AvgIpc) is 2.48. The van der Waals surface area contributed by atoms with Gasteiger partial charge in [0.25, 0.3) is 5.91 Å². The SMILES string of the molecule is CC1=C(C)C(=O)N2NCC=C2N1. The fraction of sp³-hybridized carbons (Fsp3) is 0.375. The van der Waals surface area contributed by atoms with Gasteiger partial charge in [0.15, 0.2) is 0 Å². The Labute approximate surface area is 70.9 Å². The van der Waals surface area contributed by atoms with Crippen LogP contribution < -0.4 is 10.7 Å². The second-order valence-corrected chi connectivity index (χ2v) is 2.97. The third kappa shape index (κ3) is 0.848. The lowest BCUT2D eigenvalue weighted by Gasteiger charge is -2.27. The van der Waals surface area contributed by atoms with E-state index in [4.69, 9.17) is 0 Å². The van der Waals surface area contributed by atoms with Gasteiger partial charge in [-0.1, -0.05) is 0 Å². The number of carbonyl (C=O) groups excluding carboxylic acids is 1. The van der Waals surface area contributed by atoms with Crippen LogP contribution in [0.25, 0.3) is 0 Å². The number of allylic oxidation sites excluding steroid dienone is 1. The van der Waals surface area contributed by atoms with E-state index in [1.165, 1.54) is 0 Å². The van der Waals surface area contributed by atoms with Crippen molar-refractivity contribution in [2.24, 2.45) is 0 Å². The van der Waals surface area contributed by atoms with Gasteiger partial charge in [0.05, 0.1) is 0 Å². The molecule has 0 aliphatic carbocycles. The smallest absolute Gasteiger partial charge is 0.271 e. The standard InChI is InChI=1S/C8H11N3O/c1-5-6(2)10-7-3-4-9-11(7)8(5)12/h3,9-10H,4H2,1-2H3. The summed E-state index contributed by atoms with van der Waals surface area (Å²) in [5, 5.41) is 4.69. The lowest BCUT2D eigenvalue weighted by Crippen LogP contribution is -2.45. The van der Waals surface area contributed by atoms with Gasteiger partial charge in [-0.05, 0) is 19.9 Å². The molecule has 0 unspecified atom stereocenters. The van der Waals surface area contributed by atoms with Crippen LogP contribution in [0.1, 0.15) is 13.8 Å². The zero-order valence-corrected chi connectivity index (χ0v) is 7.14. The molecule has 2 heterocycles. The molecule has 0 bridgehead atoms. The van der Waals surface area contributed by atoms with Crippen LogP contribution in [0.2, 0.25) is 0 Å². The van der Waals surface area contributed by atoms with Crippen molar-refractivity contribution in [3.05, 3.63) is 23.2 Å². The van der Waals surface area contributed by atoms with Crippen LogP contribution in [0, 0.1) is 0 Å². The van der Waals surface area contributed by atoms with Gasteiger partial charge in [-0.15, -0.1) is 0 Å². The summed E-state index contributed by atoms with van der Waals surface area (Å²) in [6.07, 6.45) is 1.95. The molecule has 2 aliphatic heterocycles. The van der Waals surface area contributed by atoms with Crippen molar-refractivity contribution in [3.63, 3.8) is 0 Å². The molecule has 0 radical (unpaired) electrons. The molecule has 0 atom stereocenters. The summed E-state index contributed by atoms with van der Waals surface area (Å²) in [6.45, 7) is 4.44. The van der Waals surface area contributed by atoms with E-state index in [1.54, 1.807) is 5.01 Å². The first-order valence-electron chi connectivity index (χ1n) is 3.93. The van der Waals surface area contributed by atoms with Crippen molar-refractivity contribution in [1.82, 2.24) is 15.8 Å². The highest BCUT2D eigenvalue weighted by atomic mass is 16.2. The number of fused-ring (bicyclic) bond motifs is 1. The van der Waals surface area contributed by atoms with Crippen molar-refractivity contribution in [3.8, 4) is 0 Å². The van der Waals surface area contributed by atoms with Crippen molar-refractivity contribution in [2.45, 2.75) is 13.8 Å². The second-order valence-electron chi connectivity index (χ2n) is 2.97. The van der Waals surface area contributed by atoms with Crippen molar-refractivity contribution < 1.29 is 4.79 Å². The number of nitrogens with one attached hydrogen (secondary N) is 2. The average molecular weight is 165 g/mol. The predicted molar refractivity (Wildman–Crippen MR) is 44.4 cm³/mol. The highest BCUT2D eigenvalue weighted by molar-refractivity contribution is 5.95. The fourth-order valence-corrected chi connectivity index (χ4v) is 1.31. The number of hydrazine groups is 1. The highest BCUT2D eigenvalue weighted by Crippen LogP contribution is 2.17. The third-order valence-corrected chi connectivity index (χ3v) is 2.19. The first-order valence-corrected chi connectivity index (χ1v) is 3.93. The molecule has 4 heteroatoms. The van der Waals surface area contributed by atoms with E-state index in [0.29, 0.717) is 6.54 Å². The van der Waals surface area contributed by atoms with E-state index in [1.807, 2.05) is 19.9 Å². The molecule has 1 amide bonds. The maximum Gasteiger partial charge on any atom is 0.271 e. The number of amides is 1. The predicted octanol–water partition coefficient (Wildman–Crippen LogP) is 0.0717. The molecule has 12 heavy (non-hydrogen) atoms. The Morgan fingerprint density at radius 1 is 1.50 bits per heavy atom.